The van der Waals surface area contributed by atoms with Gasteiger partial charge in [0.15, 0.2) is 6.61 Å². The molecule has 188 valence electrons. The van der Waals surface area contributed by atoms with E-state index in [-0.39, 0.29) is 22.5 Å². The molecule has 0 saturated heterocycles. The topological polar surface area (TPSA) is 95.4 Å². The fourth-order valence-electron chi connectivity index (χ4n) is 3.29. The van der Waals surface area contributed by atoms with E-state index >= 15 is 0 Å². The first kappa shape index (κ1) is 26.7. The fourth-order valence-corrected chi connectivity index (χ4v) is 3.42. The Labute approximate surface area is 210 Å². The maximum atomic E-state index is 13.6. The molecular weight excluding hydrogens is 495 g/mol. The molecule has 0 aliphatic rings. The lowest BCUT2D eigenvalue weighted by Crippen LogP contribution is -2.24. The Balaban J connectivity index is 0.00000176. The number of benzene rings is 2. The second-order valence-electron chi connectivity index (χ2n) is 7.22. The molecule has 2 aromatic carbocycles. The van der Waals surface area contributed by atoms with Crippen LogP contribution in [0.15, 0.2) is 64.4 Å². The number of aromatic nitrogens is 3. The normalized spacial score (nSPS) is 11.4. The molecule has 0 atom stereocenters. The SMILES string of the molecule is CC.CN=Cc1cc(-n2nc3ccc(OCC(F)(F)F)nc3c(-c3ccc(Cl)cc3)c2=O)ccc1N. The molecule has 0 fully saturated rings. The highest BCUT2D eigenvalue weighted by molar-refractivity contribution is 6.30. The van der Waals surface area contributed by atoms with Crippen LogP contribution in [-0.4, -0.2) is 40.8 Å². The van der Waals surface area contributed by atoms with Gasteiger partial charge in [-0.25, -0.2) is 4.98 Å². The molecule has 0 saturated carbocycles. The van der Waals surface area contributed by atoms with Gasteiger partial charge in [0.2, 0.25) is 5.88 Å². The van der Waals surface area contributed by atoms with Crippen molar-refractivity contribution in [3.05, 3.63) is 75.5 Å². The minimum atomic E-state index is -4.54. The number of alkyl halides is 3. The zero-order chi connectivity index (χ0) is 26.5. The molecule has 2 N–H and O–H groups in total. The Morgan fingerprint density at radius 2 is 1.81 bits per heavy atom. The van der Waals surface area contributed by atoms with Crippen LogP contribution in [0.5, 0.6) is 5.88 Å². The van der Waals surface area contributed by atoms with Crippen molar-refractivity contribution in [2.75, 3.05) is 19.4 Å². The monoisotopic (exact) mass is 517 g/mol. The molecule has 7 nitrogen and oxygen atoms in total. The van der Waals surface area contributed by atoms with Crippen LogP contribution in [0.3, 0.4) is 0 Å². The molecule has 0 radical (unpaired) electrons. The number of nitrogens with two attached hydrogens (primary N) is 1. The maximum absolute atomic E-state index is 13.6. The van der Waals surface area contributed by atoms with Crippen molar-refractivity contribution in [2.24, 2.45) is 4.99 Å². The van der Waals surface area contributed by atoms with Gasteiger partial charge >= 0.3 is 6.18 Å². The van der Waals surface area contributed by atoms with E-state index in [9.17, 15) is 18.0 Å². The molecule has 0 aliphatic carbocycles. The van der Waals surface area contributed by atoms with Crippen molar-refractivity contribution >= 4 is 34.5 Å². The van der Waals surface area contributed by atoms with Gasteiger partial charge in [-0.3, -0.25) is 9.79 Å². The van der Waals surface area contributed by atoms with Crippen LogP contribution in [0.4, 0.5) is 18.9 Å². The van der Waals surface area contributed by atoms with Crippen molar-refractivity contribution in [1.29, 1.82) is 0 Å². The van der Waals surface area contributed by atoms with Gasteiger partial charge in [-0.05, 0) is 42.0 Å². The molecule has 0 unspecified atom stereocenters. The molecule has 2 aromatic heterocycles. The summed E-state index contributed by atoms with van der Waals surface area (Å²) >= 11 is 5.99. The second kappa shape index (κ2) is 11.2. The van der Waals surface area contributed by atoms with E-state index in [1.54, 1.807) is 55.7 Å². The van der Waals surface area contributed by atoms with Gasteiger partial charge in [0.05, 0.1) is 11.3 Å². The second-order valence-corrected chi connectivity index (χ2v) is 7.66. The molecule has 36 heavy (non-hydrogen) atoms. The highest BCUT2D eigenvalue weighted by Crippen LogP contribution is 2.28. The summed E-state index contributed by atoms with van der Waals surface area (Å²) < 4.78 is 43.8. The van der Waals surface area contributed by atoms with Gasteiger partial charge in [0.25, 0.3) is 5.56 Å². The highest BCUT2D eigenvalue weighted by atomic mass is 35.5. The number of hydrogen-bond acceptors (Lipinski definition) is 6. The zero-order valence-electron chi connectivity index (χ0n) is 19.7. The lowest BCUT2D eigenvalue weighted by molar-refractivity contribution is -0.154. The molecule has 11 heteroatoms. The van der Waals surface area contributed by atoms with E-state index < -0.39 is 18.3 Å². The summed E-state index contributed by atoms with van der Waals surface area (Å²) in [6.07, 6.45) is -2.98. The van der Waals surface area contributed by atoms with E-state index in [4.69, 9.17) is 22.1 Å². The zero-order valence-corrected chi connectivity index (χ0v) is 20.4. The number of ether oxygens (including phenoxy) is 1. The van der Waals surface area contributed by atoms with E-state index in [1.807, 2.05) is 13.8 Å². The first-order chi connectivity index (χ1) is 17.2. The smallest absolute Gasteiger partial charge is 0.422 e. The van der Waals surface area contributed by atoms with E-state index in [0.29, 0.717) is 27.5 Å². The lowest BCUT2D eigenvalue weighted by Gasteiger charge is -2.13. The summed E-state index contributed by atoms with van der Waals surface area (Å²) in [5.41, 5.74) is 7.86. The summed E-state index contributed by atoms with van der Waals surface area (Å²) in [7, 11) is 1.59. The van der Waals surface area contributed by atoms with Crippen LogP contribution in [-0.2, 0) is 0 Å². The van der Waals surface area contributed by atoms with Crippen LogP contribution in [0.25, 0.3) is 27.8 Å². The Hall–Kier alpha value is -3.92. The number of hydrogen-bond donors (Lipinski definition) is 1. The van der Waals surface area contributed by atoms with Crippen LogP contribution in [0.1, 0.15) is 19.4 Å². The Morgan fingerprint density at radius 3 is 2.44 bits per heavy atom. The number of rotatable bonds is 5. The number of anilines is 1. The molecular formula is C25H23ClF3N5O2. The molecule has 4 rings (SSSR count). The average Bonchev–Trinajstić information content (AvgIpc) is 2.85. The van der Waals surface area contributed by atoms with E-state index in [2.05, 4.69) is 15.1 Å². The number of fused-ring (bicyclic) bond motifs is 1. The average molecular weight is 518 g/mol. The minimum Gasteiger partial charge on any atom is -0.468 e. The van der Waals surface area contributed by atoms with Crippen molar-refractivity contribution in [1.82, 2.24) is 14.8 Å². The molecule has 2 heterocycles. The third kappa shape index (κ3) is 6.01. The fraction of sp³-hybridized carbons (Fsp3) is 0.200. The van der Waals surface area contributed by atoms with Crippen molar-refractivity contribution < 1.29 is 17.9 Å². The van der Waals surface area contributed by atoms with E-state index in [1.165, 1.54) is 16.8 Å². The summed E-state index contributed by atoms with van der Waals surface area (Å²) in [5, 5.41) is 4.83. The number of nitrogen functional groups attached to an aromatic ring is 1. The van der Waals surface area contributed by atoms with E-state index in [0.717, 1.165) is 0 Å². The van der Waals surface area contributed by atoms with Crippen LogP contribution >= 0.6 is 11.6 Å². The maximum Gasteiger partial charge on any atom is 0.422 e. The summed E-state index contributed by atoms with van der Waals surface area (Å²) in [6, 6.07) is 14.0. The number of halogens is 4. The van der Waals surface area contributed by atoms with Crippen molar-refractivity contribution in [2.45, 2.75) is 20.0 Å². The number of pyridine rings is 1. The van der Waals surface area contributed by atoms with Crippen LogP contribution in [0.2, 0.25) is 5.02 Å². The Morgan fingerprint density at radius 1 is 1.11 bits per heavy atom. The molecule has 0 spiro atoms. The van der Waals surface area contributed by atoms with Gasteiger partial charge in [0.1, 0.15) is 11.0 Å². The third-order valence-electron chi connectivity index (χ3n) is 4.80. The highest BCUT2D eigenvalue weighted by Gasteiger charge is 2.29. The molecule has 4 aromatic rings. The van der Waals surface area contributed by atoms with Gasteiger partial charge in [-0.2, -0.15) is 23.0 Å². The van der Waals surface area contributed by atoms with Crippen LogP contribution < -0.4 is 16.0 Å². The lowest BCUT2D eigenvalue weighted by atomic mass is 10.1. The van der Waals surface area contributed by atoms with Crippen LogP contribution in [0, 0.1) is 0 Å². The predicted molar refractivity (Wildman–Crippen MR) is 136 cm³/mol. The van der Waals surface area contributed by atoms with Gasteiger partial charge in [-0.1, -0.05) is 37.6 Å². The number of nitrogens with zero attached hydrogens (tertiary/aromatic N) is 4. The minimum absolute atomic E-state index is 0.0917. The third-order valence-corrected chi connectivity index (χ3v) is 5.05. The quantitative estimate of drug-likeness (QED) is 0.271. The number of aliphatic imine (C=N–C) groups is 1. The Bertz CT molecular complexity index is 1450. The van der Waals surface area contributed by atoms with Gasteiger partial charge in [-0.15, -0.1) is 0 Å². The van der Waals surface area contributed by atoms with Gasteiger partial charge in [0, 0.05) is 35.6 Å². The first-order valence-electron chi connectivity index (χ1n) is 10.9. The summed E-state index contributed by atoms with van der Waals surface area (Å²) in [5.74, 6) is -0.284. The summed E-state index contributed by atoms with van der Waals surface area (Å²) in [6.45, 7) is 2.49. The molecule has 0 bridgehead atoms. The largest absolute Gasteiger partial charge is 0.468 e. The van der Waals surface area contributed by atoms with Crippen molar-refractivity contribution in [3.8, 4) is 22.7 Å². The predicted octanol–water partition coefficient (Wildman–Crippen LogP) is 5.70. The van der Waals surface area contributed by atoms with Gasteiger partial charge < -0.3 is 10.5 Å². The first-order valence-corrected chi connectivity index (χ1v) is 11.3. The molecule has 0 amide bonds. The Kier molecular flexibility index (Phi) is 8.31. The summed E-state index contributed by atoms with van der Waals surface area (Å²) in [4.78, 5) is 21.7. The van der Waals surface area contributed by atoms with Crippen molar-refractivity contribution in [3.63, 3.8) is 0 Å². The standard InChI is InChI=1S/C23H17ClF3N5O2.C2H6/c1-29-11-14-10-16(6-7-17(14)28)32-22(33)20(13-2-4-15(24)5-3-13)21-18(31-32)8-9-19(30-21)34-12-23(25,26)27;1-2/h2-11H,12,28H2,1H3;1-2H3. The molecule has 0 aliphatic heterocycles.